The Morgan fingerprint density at radius 3 is 2.50 bits per heavy atom. The van der Waals surface area contributed by atoms with Crippen LogP contribution >= 0.6 is 27.3 Å². The van der Waals surface area contributed by atoms with Gasteiger partial charge >= 0.3 is 0 Å². The van der Waals surface area contributed by atoms with Crippen molar-refractivity contribution in [2.24, 2.45) is 0 Å². The number of aromatic hydroxyl groups is 1. The molecule has 4 rings (SSSR count). The summed E-state index contributed by atoms with van der Waals surface area (Å²) in [5.41, 5.74) is 2.47. The van der Waals surface area contributed by atoms with Crippen LogP contribution in [0.3, 0.4) is 0 Å². The summed E-state index contributed by atoms with van der Waals surface area (Å²) in [4.78, 5) is 21.9. The number of rotatable bonds is 6. The third-order valence-electron chi connectivity index (χ3n) is 4.83. The first-order chi connectivity index (χ1) is 16.1. The number of thiazole rings is 1. The number of phenolic OH excluding ortho intramolecular Hbond substituents is 1. The van der Waals surface area contributed by atoms with Gasteiger partial charge in [0.25, 0.3) is 15.9 Å². The van der Waals surface area contributed by atoms with Gasteiger partial charge in [-0.3, -0.25) is 19.8 Å². The van der Waals surface area contributed by atoms with Gasteiger partial charge in [0.05, 0.1) is 15.5 Å². The van der Waals surface area contributed by atoms with Gasteiger partial charge in [-0.05, 0) is 67.4 Å². The lowest BCUT2D eigenvalue weighted by molar-refractivity contribution is 0.102. The number of phenols is 1. The van der Waals surface area contributed by atoms with Crippen LogP contribution < -0.4 is 10.0 Å². The maximum absolute atomic E-state index is 13.1. The Balaban J connectivity index is 1.62. The molecule has 0 aliphatic rings. The smallest absolute Gasteiger partial charge is 0.276 e. The van der Waals surface area contributed by atoms with E-state index in [1.807, 2.05) is 6.07 Å². The summed E-state index contributed by atoms with van der Waals surface area (Å²) >= 11 is 4.56. The van der Waals surface area contributed by atoms with Crippen LogP contribution in [-0.2, 0) is 10.0 Å². The van der Waals surface area contributed by atoms with Gasteiger partial charge in [-0.15, -0.1) is 0 Å². The van der Waals surface area contributed by atoms with E-state index in [0.29, 0.717) is 27.6 Å². The van der Waals surface area contributed by atoms with E-state index in [1.54, 1.807) is 38.1 Å². The number of carbonyl (C=O) groups excluding carboxylic acids is 1. The number of sulfonamides is 1. The van der Waals surface area contributed by atoms with E-state index >= 15 is 0 Å². The van der Waals surface area contributed by atoms with Crippen LogP contribution in [0.25, 0.3) is 10.4 Å². The van der Waals surface area contributed by atoms with E-state index in [4.69, 9.17) is 0 Å². The molecule has 0 atom stereocenters. The molecular formula is C23H19BrN4O4S2. The van der Waals surface area contributed by atoms with Gasteiger partial charge in [0.2, 0.25) is 0 Å². The molecule has 0 saturated carbocycles. The number of nitrogens with zero attached hydrogens (tertiary/aromatic N) is 2. The Morgan fingerprint density at radius 2 is 1.79 bits per heavy atom. The highest BCUT2D eigenvalue weighted by atomic mass is 79.9. The maximum Gasteiger partial charge on any atom is 0.276 e. The molecule has 4 aromatic rings. The fraction of sp³-hybridized carbons (Fsp3) is 0.0870. The van der Waals surface area contributed by atoms with Crippen molar-refractivity contribution in [1.29, 1.82) is 0 Å². The second-order valence-corrected chi connectivity index (χ2v) is 10.9. The third-order valence-corrected chi connectivity index (χ3v) is 7.97. The number of nitrogens with one attached hydrogen (secondary N) is 2. The summed E-state index contributed by atoms with van der Waals surface area (Å²) in [5, 5.41) is 12.5. The van der Waals surface area contributed by atoms with Gasteiger partial charge in [-0.25, -0.2) is 13.4 Å². The quantitative estimate of drug-likeness (QED) is 0.274. The molecule has 2 aromatic carbocycles. The summed E-state index contributed by atoms with van der Waals surface area (Å²) < 4.78 is 29.4. The zero-order valence-corrected chi connectivity index (χ0v) is 21.3. The number of pyridine rings is 1. The Bertz CT molecular complexity index is 1490. The van der Waals surface area contributed by atoms with Crippen molar-refractivity contribution in [3.05, 3.63) is 82.2 Å². The zero-order chi connectivity index (χ0) is 24.5. The lowest BCUT2D eigenvalue weighted by Crippen LogP contribution is -2.14. The molecule has 11 heteroatoms. The minimum absolute atomic E-state index is 0.0420. The molecule has 1 amide bonds. The monoisotopic (exact) mass is 558 g/mol. The minimum Gasteiger partial charge on any atom is -0.508 e. The highest BCUT2D eigenvalue weighted by molar-refractivity contribution is 9.10. The van der Waals surface area contributed by atoms with Crippen molar-refractivity contribution in [3.8, 4) is 16.2 Å². The minimum atomic E-state index is -3.88. The van der Waals surface area contributed by atoms with Crippen molar-refractivity contribution in [2.45, 2.75) is 18.7 Å². The van der Waals surface area contributed by atoms with Crippen LogP contribution in [0, 0.1) is 13.8 Å². The zero-order valence-electron chi connectivity index (χ0n) is 18.0. The van der Waals surface area contributed by atoms with Crippen LogP contribution in [0.5, 0.6) is 5.75 Å². The predicted octanol–water partition coefficient (Wildman–Crippen LogP) is 5.34. The Hall–Kier alpha value is -3.28. The lowest BCUT2D eigenvalue weighted by atomic mass is 10.1. The average Bonchev–Trinajstić information content (AvgIpc) is 3.15. The Kier molecular flexibility index (Phi) is 6.69. The first-order valence-electron chi connectivity index (χ1n) is 9.95. The standard InChI is InChI=1S/C23H19BrN4O4S2/c1-13-3-4-15(11-20(13)34(31,32)28-17-5-7-18(29)8-6-17)21-14(2)26-23(33-21)27-22(30)19-12-16(24)9-10-25-19/h3-12,28-29H,1-2H3,(H,26,27,30). The van der Waals surface area contributed by atoms with Gasteiger partial charge < -0.3 is 5.11 Å². The fourth-order valence-electron chi connectivity index (χ4n) is 3.18. The SMILES string of the molecule is Cc1ccc(-c2sc(NC(=O)c3cc(Br)ccn3)nc2C)cc1S(=O)(=O)Nc1ccc(O)cc1. The summed E-state index contributed by atoms with van der Waals surface area (Å²) in [6.07, 6.45) is 1.53. The van der Waals surface area contributed by atoms with Crippen molar-refractivity contribution < 1.29 is 18.3 Å². The summed E-state index contributed by atoms with van der Waals surface area (Å²) in [6, 6.07) is 14.2. The predicted molar refractivity (Wildman–Crippen MR) is 136 cm³/mol. The largest absolute Gasteiger partial charge is 0.508 e. The number of aromatic nitrogens is 2. The van der Waals surface area contributed by atoms with Gasteiger partial charge in [0.1, 0.15) is 11.4 Å². The van der Waals surface area contributed by atoms with E-state index in [9.17, 15) is 18.3 Å². The van der Waals surface area contributed by atoms with E-state index in [1.165, 1.54) is 41.8 Å². The molecule has 3 N–H and O–H groups in total. The van der Waals surface area contributed by atoms with Gasteiger partial charge in [0, 0.05) is 16.4 Å². The number of hydrogen-bond acceptors (Lipinski definition) is 7. The van der Waals surface area contributed by atoms with E-state index < -0.39 is 15.9 Å². The van der Waals surface area contributed by atoms with Crippen molar-refractivity contribution in [2.75, 3.05) is 10.0 Å². The number of halogens is 1. The van der Waals surface area contributed by atoms with Crippen LogP contribution in [0.15, 0.2) is 70.2 Å². The molecule has 0 radical (unpaired) electrons. The molecule has 8 nitrogen and oxygen atoms in total. The second-order valence-electron chi connectivity index (χ2n) is 7.38. The molecular weight excluding hydrogens is 540 g/mol. The van der Waals surface area contributed by atoms with E-state index in [2.05, 4.69) is 35.9 Å². The molecule has 0 saturated heterocycles. The van der Waals surface area contributed by atoms with E-state index in [0.717, 1.165) is 9.35 Å². The molecule has 0 spiro atoms. The molecule has 0 unspecified atom stereocenters. The summed E-state index contributed by atoms with van der Waals surface area (Å²) in [5.74, 6) is -0.354. The maximum atomic E-state index is 13.1. The topological polar surface area (TPSA) is 121 Å². The summed E-state index contributed by atoms with van der Waals surface area (Å²) in [6.45, 7) is 3.51. The second kappa shape index (κ2) is 9.53. The number of aryl methyl sites for hydroxylation is 2. The Labute approximate surface area is 208 Å². The van der Waals surface area contributed by atoms with Crippen LogP contribution in [0.1, 0.15) is 21.7 Å². The average molecular weight is 559 g/mol. The van der Waals surface area contributed by atoms with Crippen molar-refractivity contribution >= 4 is 54.0 Å². The lowest BCUT2D eigenvalue weighted by Gasteiger charge is -2.12. The van der Waals surface area contributed by atoms with Gasteiger partial charge in [-0.2, -0.15) is 0 Å². The van der Waals surface area contributed by atoms with Gasteiger partial charge in [-0.1, -0.05) is 39.4 Å². The Morgan fingerprint density at radius 1 is 1.06 bits per heavy atom. The normalized spacial score (nSPS) is 11.3. The first-order valence-corrected chi connectivity index (χ1v) is 13.0. The van der Waals surface area contributed by atoms with Crippen molar-refractivity contribution in [1.82, 2.24) is 9.97 Å². The summed E-state index contributed by atoms with van der Waals surface area (Å²) in [7, 11) is -3.88. The highest BCUT2D eigenvalue weighted by Crippen LogP contribution is 2.35. The van der Waals surface area contributed by atoms with Crippen LogP contribution in [-0.4, -0.2) is 29.4 Å². The molecule has 34 heavy (non-hydrogen) atoms. The first kappa shape index (κ1) is 23.9. The fourth-order valence-corrected chi connectivity index (χ4v) is 5.80. The molecule has 174 valence electrons. The molecule has 0 aliphatic carbocycles. The van der Waals surface area contributed by atoms with Crippen LogP contribution in [0.2, 0.25) is 0 Å². The van der Waals surface area contributed by atoms with Gasteiger partial charge in [0.15, 0.2) is 5.13 Å². The molecule has 2 heterocycles. The third kappa shape index (κ3) is 5.27. The number of benzene rings is 2. The number of hydrogen-bond donors (Lipinski definition) is 3. The molecule has 0 fully saturated rings. The molecule has 0 bridgehead atoms. The highest BCUT2D eigenvalue weighted by Gasteiger charge is 2.20. The number of amides is 1. The van der Waals surface area contributed by atoms with Crippen molar-refractivity contribution in [3.63, 3.8) is 0 Å². The van der Waals surface area contributed by atoms with Crippen LogP contribution in [0.4, 0.5) is 10.8 Å². The number of carbonyl (C=O) groups is 1. The van der Waals surface area contributed by atoms with E-state index in [-0.39, 0.29) is 16.3 Å². The molecule has 0 aliphatic heterocycles. The molecule has 2 aromatic heterocycles. The number of anilines is 2.